The summed E-state index contributed by atoms with van der Waals surface area (Å²) in [6, 6.07) is 3.02. The standard InChI is InChI=1S/C11H14F2N2O/c1-2-5-14-7-11(16)15-10-4-3-8(12)6-9(10)13/h3-4,6,14H,2,5,7H2,1H3,(H,15,16). The highest BCUT2D eigenvalue weighted by atomic mass is 19.1. The van der Waals surface area contributed by atoms with E-state index in [1.165, 1.54) is 6.07 Å². The number of nitrogens with one attached hydrogen (secondary N) is 2. The number of carbonyl (C=O) groups excluding carboxylic acids is 1. The van der Waals surface area contributed by atoms with Gasteiger partial charge in [-0.15, -0.1) is 0 Å². The van der Waals surface area contributed by atoms with Crippen LogP contribution in [0.5, 0.6) is 0 Å². The lowest BCUT2D eigenvalue weighted by atomic mass is 10.3. The fourth-order valence-electron chi connectivity index (χ4n) is 1.16. The predicted octanol–water partition coefficient (Wildman–Crippen LogP) is 1.90. The number of hydrogen-bond donors (Lipinski definition) is 2. The molecule has 16 heavy (non-hydrogen) atoms. The van der Waals surface area contributed by atoms with Crippen LogP contribution in [0, 0.1) is 11.6 Å². The monoisotopic (exact) mass is 228 g/mol. The number of amides is 1. The molecule has 2 N–H and O–H groups in total. The summed E-state index contributed by atoms with van der Waals surface area (Å²) in [6.07, 6.45) is 0.915. The first-order valence-corrected chi connectivity index (χ1v) is 5.09. The average molecular weight is 228 g/mol. The molecule has 5 heteroatoms. The molecule has 3 nitrogen and oxygen atoms in total. The van der Waals surface area contributed by atoms with Crippen molar-refractivity contribution in [3.8, 4) is 0 Å². The Balaban J connectivity index is 2.49. The van der Waals surface area contributed by atoms with Gasteiger partial charge < -0.3 is 10.6 Å². The van der Waals surface area contributed by atoms with Crippen LogP contribution in [0.25, 0.3) is 0 Å². The number of benzene rings is 1. The Morgan fingerprint density at radius 3 is 2.75 bits per heavy atom. The fraction of sp³-hybridized carbons (Fsp3) is 0.364. The molecule has 0 atom stereocenters. The van der Waals surface area contributed by atoms with E-state index in [0.29, 0.717) is 0 Å². The molecule has 0 fully saturated rings. The molecule has 0 aliphatic heterocycles. The third kappa shape index (κ3) is 3.94. The van der Waals surface area contributed by atoms with Crippen molar-refractivity contribution in [1.29, 1.82) is 0 Å². The Bertz CT molecular complexity index is 369. The zero-order valence-corrected chi connectivity index (χ0v) is 9.02. The van der Waals surface area contributed by atoms with E-state index in [4.69, 9.17) is 0 Å². The van der Waals surface area contributed by atoms with Gasteiger partial charge in [0.15, 0.2) is 0 Å². The molecule has 0 unspecified atom stereocenters. The van der Waals surface area contributed by atoms with Crippen LogP contribution >= 0.6 is 0 Å². The summed E-state index contributed by atoms with van der Waals surface area (Å²) in [7, 11) is 0. The van der Waals surface area contributed by atoms with Crippen LogP contribution in [-0.4, -0.2) is 19.0 Å². The van der Waals surface area contributed by atoms with E-state index in [1.807, 2.05) is 6.92 Å². The maximum absolute atomic E-state index is 13.1. The average Bonchev–Trinajstić information content (AvgIpc) is 2.23. The molecular formula is C11H14F2N2O. The van der Waals surface area contributed by atoms with Gasteiger partial charge in [-0.1, -0.05) is 6.92 Å². The second kappa shape index (κ2) is 6.17. The first-order chi connectivity index (χ1) is 7.63. The molecule has 0 aromatic heterocycles. The van der Waals surface area contributed by atoms with Gasteiger partial charge in [0.1, 0.15) is 11.6 Å². The molecule has 0 bridgehead atoms. The molecule has 1 aromatic carbocycles. The maximum atomic E-state index is 13.1. The highest BCUT2D eigenvalue weighted by Gasteiger charge is 2.07. The zero-order chi connectivity index (χ0) is 12.0. The first-order valence-electron chi connectivity index (χ1n) is 5.09. The van der Waals surface area contributed by atoms with Gasteiger partial charge >= 0.3 is 0 Å². The minimum atomic E-state index is -0.774. The van der Waals surface area contributed by atoms with Crippen LogP contribution < -0.4 is 10.6 Å². The topological polar surface area (TPSA) is 41.1 Å². The Kier molecular flexibility index (Phi) is 4.85. The van der Waals surface area contributed by atoms with Gasteiger partial charge in [0.05, 0.1) is 12.2 Å². The number of hydrogen-bond acceptors (Lipinski definition) is 2. The predicted molar refractivity (Wildman–Crippen MR) is 58.1 cm³/mol. The van der Waals surface area contributed by atoms with Gasteiger partial charge in [-0.25, -0.2) is 8.78 Å². The van der Waals surface area contributed by atoms with E-state index < -0.39 is 11.6 Å². The normalized spacial score (nSPS) is 10.2. The van der Waals surface area contributed by atoms with Crippen molar-refractivity contribution >= 4 is 11.6 Å². The Hall–Kier alpha value is -1.49. The Morgan fingerprint density at radius 2 is 2.12 bits per heavy atom. The van der Waals surface area contributed by atoms with E-state index in [0.717, 1.165) is 25.1 Å². The van der Waals surface area contributed by atoms with Crippen molar-refractivity contribution in [2.24, 2.45) is 0 Å². The van der Waals surface area contributed by atoms with E-state index in [9.17, 15) is 13.6 Å². The van der Waals surface area contributed by atoms with Crippen LogP contribution in [0.15, 0.2) is 18.2 Å². The number of rotatable bonds is 5. The third-order valence-electron chi connectivity index (χ3n) is 1.92. The lowest BCUT2D eigenvalue weighted by molar-refractivity contribution is -0.115. The summed E-state index contributed by atoms with van der Waals surface area (Å²) in [5.41, 5.74) is -0.00954. The molecule has 88 valence electrons. The third-order valence-corrected chi connectivity index (χ3v) is 1.92. The van der Waals surface area contributed by atoms with E-state index in [2.05, 4.69) is 10.6 Å². The van der Waals surface area contributed by atoms with Crippen LogP contribution in [-0.2, 0) is 4.79 Å². The SMILES string of the molecule is CCCNCC(=O)Nc1ccc(F)cc1F. The Morgan fingerprint density at radius 1 is 1.38 bits per heavy atom. The molecular weight excluding hydrogens is 214 g/mol. The molecule has 0 radical (unpaired) electrons. The van der Waals surface area contributed by atoms with Crippen LogP contribution in [0.3, 0.4) is 0 Å². The largest absolute Gasteiger partial charge is 0.322 e. The summed E-state index contributed by atoms with van der Waals surface area (Å²) in [4.78, 5) is 11.3. The fourth-order valence-corrected chi connectivity index (χ4v) is 1.16. The van der Waals surface area contributed by atoms with Crippen molar-refractivity contribution in [2.45, 2.75) is 13.3 Å². The van der Waals surface area contributed by atoms with Crippen molar-refractivity contribution < 1.29 is 13.6 Å². The van der Waals surface area contributed by atoms with Crippen LogP contribution in [0.2, 0.25) is 0 Å². The summed E-state index contributed by atoms with van der Waals surface area (Å²) in [5, 5.41) is 5.23. The van der Waals surface area contributed by atoms with Gasteiger partial charge in [-0.2, -0.15) is 0 Å². The zero-order valence-electron chi connectivity index (χ0n) is 9.02. The van der Waals surface area contributed by atoms with Crippen molar-refractivity contribution in [3.63, 3.8) is 0 Å². The molecule has 0 saturated heterocycles. The minimum Gasteiger partial charge on any atom is -0.322 e. The smallest absolute Gasteiger partial charge is 0.238 e. The van der Waals surface area contributed by atoms with Gasteiger partial charge in [0, 0.05) is 6.07 Å². The second-order valence-electron chi connectivity index (χ2n) is 3.35. The van der Waals surface area contributed by atoms with Crippen LogP contribution in [0.1, 0.15) is 13.3 Å². The number of anilines is 1. The minimum absolute atomic E-state index is 0.00954. The van der Waals surface area contributed by atoms with Crippen LogP contribution in [0.4, 0.5) is 14.5 Å². The number of halogens is 2. The molecule has 0 saturated carbocycles. The van der Waals surface area contributed by atoms with Gasteiger partial charge in [0.25, 0.3) is 0 Å². The first kappa shape index (κ1) is 12.6. The highest BCUT2D eigenvalue weighted by Crippen LogP contribution is 2.14. The molecule has 1 aromatic rings. The molecule has 1 amide bonds. The molecule has 1 rings (SSSR count). The van der Waals surface area contributed by atoms with Crippen molar-refractivity contribution in [1.82, 2.24) is 5.32 Å². The lowest BCUT2D eigenvalue weighted by Crippen LogP contribution is -2.28. The molecule has 0 aliphatic carbocycles. The second-order valence-corrected chi connectivity index (χ2v) is 3.35. The van der Waals surface area contributed by atoms with Gasteiger partial charge in [0.2, 0.25) is 5.91 Å². The summed E-state index contributed by atoms with van der Waals surface area (Å²) < 4.78 is 25.7. The summed E-state index contributed by atoms with van der Waals surface area (Å²) in [6.45, 7) is 2.81. The van der Waals surface area contributed by atoms with E-state index in [-0.39, 0.29) is 18.1 Å². The maximum Gasteiger partial charge on any atom is 0.238 e. The molecule has 0 aliphatic rings. The van der Waals surface area contributed by atoms with Gasteiger partial charge in [-0.05, 0) is 25.1 Å². The van der Waals surface area contributed by atoms with E-state index >= 15 is 0 Å². The summed E-state index contributed by atoms with van der Waals surface area (Å²) >= 11 is 0. The number of carbonyl (C=O) groups is 1. The van der Waals surface area contributed by atoms with Gasteiger partial charge in [-0.3, -0.25) is 4.79 Å². The Labute approximate surface area is 92.8 Å². The molecule has 0 heterocycles. The quantitative estimate of drug-likeness (QED) is 0.756. The van der Waals surface area contributed by atoms with Crippen molar-refractivity contribution in [2.75, 3.05) is 18.4 Å². The summed E-state index contributed by atoms with van der Waals surface area (Å²) in [5.74, 6) is -1.79. The highest BCUT2D eigenvalue weighted by molar-refractivity contribution is 5.92. The van der Waals surface area contributed by atoms with Crippen molar-refractivity contribution in [3.05, 3.63) is 29.8 Å². The molecule has 0 spiro atoms. The lowest BCUT2D eigenvalue weighted by Gasteiger charge is -2.06. The van der Waals surface area contributed by atoms with E-state index in [1.54, 1.807) is 0 Å².